The van der Waals surface area contributed by atoms with Gasteiger partial charge in [-0.2, -0.15) is 0 Å². The maximum atomic E-state index is 11.4. The molecule has 0 spiro atoms. The number of ether oxygens (including phenoxy) is 1. The lowest BCUT2D eigenvalue weighted by Crippen LogP contribution is -2.42. The van der Waals surface area contributed by atoms with Crippen LogP contribution in [0.25, 0.3) is 0 Å². The van der Waals surface area contributed by atoms with Gasteiger partial charge in [-0.25, -0.2) is 0 Å². The number of amides is 1. The number of methoxy groups -OCH3 is 1. The number of benzene rings is 1. The van der Waals surface area contributed by atoms with Crippen LogP contribution in [-0.2, 0) is 16.0 Å². The SMILES string of the molecule is CNC(CC1(OC)CCC1)c1ccc2c(c1)CC(=O)N2. The van der Waals surface area contributed by atoms with Gasteiger partial charge in [0.2, 0.25) is 5.91 Å². The number of nitrogens with one attached hydrogen (secondary N) is 2. The van der Waals surface area contributed by atoms with E-state index in [2.05, 4.69) is 22.8 Å². The third-order valence-corrected chi connectivity index (χ3v) is 4.78. The van der Waals surface area contributed by atoms with Crippen LogP contribution >= 0.6 is 0 Å². The van der Waals surface area contributed by atoms with Crippen LogP contribution in [0.15, 0.2) is 18.2 Å². The lowest BCUT2D eigenvalue weighted by molar-refractivity contribution is -0.115. The molecule has 0 bridgehead atoms. The summed E-state index contributed by atoms with van der Waals surface area (Å²) in [5.41, 5.74) is 3.35. The minimum absolute atomic E-state index is 0.0424. The van der Waals surface area contributed by atoms with Crippen molar-refractivity contribution in [1.29, 1.82) is 0 Å². The highest BCUT2D eigenvalue weighted by Gasteiger charge is 2.39. The number of carbonyl (C=O) groups excluding carboxylic acids is 1. The standard InChI is InChI=1S/C16H22N2O2/c1-17-14(10-16(20-2)6-3-7-16)11-4-5-13-12(8-11)9-15(19)18-13/h4-5,8,14,17H,3,6-7,9-10H2,1-2H3,(H,18,19). The average molecular weight is 274 g/mol. The van der Waals surface area contributed by atoms with Crippen molar-refractivity contribution >= 4 is 11.6 Å². The van der Waals surface area contributed by atoms with Crippen LogP contribution in [0, 0.1) is 0 Å². The quantitative estimate of drug-likeness (QED) is 0.867. The number of rotatable bonds is 5. The van der Waals surface area contributed by atoms with E-state index in [-0.39, 0.29) is 17.6 Å². The third-order valence-electron chi connectivity index (χ3n) is 4.78. The van der Waals surface area contributed by atoms with Crippen LogP contribution in [0.4, 0.5) is 5.69 Å². The van der Waals surface area contributed by atoms with Gasteiger partial charge in [-0.05, 0) is 49.9 Å². The van der Waals surface area contributed by atoms with E-state index in [0.29, 0.717) is 6.42 Å². The summed E-state index contributed by atoms with van der Waals surface area (Å²) in [5, 5.41) is 6.27. The molecule has 4 heteroatoms. The second kappa shape index (κ2) is 5.19. The van der Waals surface area contributed by atoms with E-state index in [9.17, 15) is 4.79 Å². The monoisotopic (exact) mass is 274 g/mol. The van der Waals surface area contributed by atoms with E-state index in [1.807, 2.05) is 20.2 Å². The van der Waals surface area contributed by atoms with Crippen LogP contribution in [0.1, 0.15) is 42.9 Å². The van der Waals surface area contributed by atoms with Gasteiger partial charge in [0.1, 0.15) is 0 Å². The molecule has 108 valence electrons. The van der Waals surface area contributed by atoms with E-state index in [0.717, 1.165) is 30.5 Å². The molecule has 1 unspecified atom stereocenters. The highest BCUT2D eigenvalue weighted by Crippen LogP contribution is 2.42. The van der Waals surface area contributed by atoms with Gasteiger partial charge in [-0.1, -0.05) is 12.1 Å². The Morgan fingerprint density at radius 3 is 2.85 bits per heavy atom. The summed E-state index contributed by atoms with van der Waals surface area (Å²) in [5.74, 6) is 0.0884. The predicted octanol–water partition coefficient (Wildman–Crippen LogP) is 2.40. The van der Waals surface area contributed by atoms with Gasteiger partial charge in [-0.3, -0.25) is 4.79 Å². The van der Waals surface area contributed by atoms with Crippen molar-refractivity contribution in [2.75, 3.05) is 19.5 Å². The number of hydrogen-bond acceptors (Lipinski definition) is 3. The van der Waals surface area contributed by atoms with Crippen molar-refractivity contribution in [2.45, 2.75) is 43.7 Å². The molecule has 1 atom stereocenters. The summed E-state index contributed by atoms with van der Waals surface area (Å²) >= 11 is 0. The van der Waals surface area contributed by atoms with Gasteiger partial charge in [0, 0.05) is 18.8 Å². The molecule has 1 fully saturated rings. The van der Waals surface area contributed by atoms with Crippen LogP contribution in [0.5, 0.6) is 0 Å². The number of fused-ring (bicyclic) bond motifs is 1. The fraction of sp³-hybridized carbons (Fsp3) is 0.562. The highest BCUT2D eigenvalue weighted by molar-refractivity contribution is 5.99. The van der Waals surface area contributed by atoms with Gasteiger partial charge in [0.25, 0.3) is 0 Å². The maximum absolute atomic E-state index is 11.4. The van der Waals surface area contributed by atoms with Crippen LogP contribution in [-0.4, -0.2) is 25.7 Å². The maximum Gasteiger partial charge on any atom is 0.228 e. The van der Waals surface area contributed by atoms with Crippen molar-refractivity contribution in [3.63, 3.8) is 0 Å². The fourth-order valence-electron chi connectivity index (χ4n) is 3.29. The molecular weight excluding hydrogens is 252 g/mol. The Morgan fingerprint density at radius 2 is 2.25 bits per heavy atom. The van der Waals surface area contributed by atoms with Crippen molar-refractivity contribution in [2.24, 2.45) is 0 Å². The molecule has 2 N–H and O–H groups in total. The smallest absolute Gasteiger partial charge is 0.228 e. The van der Waals surface area contributed by atoms with Crippen molar-refractivity contribution in [3.8, 4) is 0 Å². The molecule has 1 aliphatic heterocycles. The Balaban J connectivity index is 1.80. The molecule has 1 aromatic rings. The first-order valence-electron chi connectivity index (χ1n) is 7.31. The van der Waals surface area contributed by atoms with Gasteiger partial charge in [0.05, 0.1) is 12.0 Å². The van der Waals surface area contributed by atoms with Crippen LogP contribution in [0.3, 0.4) is 0 Å². The van der Waals surface area contributed by atoms with E-state index in [1.165, 1.54) is 12.0 Å². The molecule has 1 saturated carbocycles. The van der Waals surface area contributed by atoms with Gasteiger partial charge >= 0.3 is 0 Å². The summed E-state index contributed by atoms with van der Waals surface area (Å²) in [7, 11) is 3.81. The molecule has 0 radical (unpaired) electrons. The van der Waals surface area contributed by atoms with Crippen molar-refractivity contribution in [1.82, 2.24) is 5.32 Å². The molecule has 0 aromatic heterocycles. The van der Waals surface area contributed by atoms with E-state index in [4.69, 9.17) is 4.74 Å². The zero-order chi connectivity index (χ0) is 14.2. The van der Waals surface area contributed by atoms with Gasteiger partial charge < -0.3 is 15.4 Å². The summed E-state index contributed by atoms with van der Waals surface area (Å²) in [6.45, 7) is 0. The Kier molecular flexibility index (Phi) is 3.52. The second-order valence-electron chi connectivity index (χ2n) is 5.93. The lowest BCUT2D eigenvalue weighted by Gasteiger charge is -2.43. The molecule has 1 aliphatic carbocycles. The Hall–Kier alpha value is -1.39. The first-order chi connectivity index (χ1) is 9.65. The van der Waals surface area contributed by atoms with Crippen molar-refractivity contribution < 1.29 is 9.53 Å². The lowest BCUT2D eigenvalue weighted by atomic mass is 9.74. The van der Waals surface area contributed by atoms with E-state index >= 15 is 0 Å². The van der Waals surface area contributed by atoms with Crippen molar-refractivity contribution in [3.05, 3.63) is 29.3 Å². The minimum atomic E-state index is 0.0424. The van der Waals surface area contributed by atoms with Crippen LogP contribution in [0.2, 0.25) is 0 Å². The number of hydrogen-bond donors (Lipinski definition) is 2. The van der Waals surface area contributed by atoms with Gasteiger partial charge in [0.15, 0.2) is 0 Å². The summed E-state index contributed by atoms with van der Waals surface area (Å²) in [6.07, 6.45) is 5.03. The molecule has 1 amide bonds. The topological polar surface area (TPSA) is 50.4 Å². The first kappa shape index (κ1) is 13.6. The summed E-state index contributed by atoms with van der Waals surface area (Å²) < 4.78 is 5.73. The normalized spacial score (nSPS) is 21.0. The zero-order valence-electron chi connectivity index (χ0n) is 12.2. The average Bonchev–Trinajstić information content (AvgIpc) is 2.77. The van der Waals surface area contributed by atoms with Gasteiger partial charge in [-0.15, -0.1) is 0 Å². The molecule has 3 rings (SSSR count). The third kappa shape index (κ3) is 2.34. The predicted molar refractivity (Wildman–Crippen MR) is 78.8 cm³/mol. The zero-order valence-corrected chi connectivity index (χ0v) is 12.2. The Bertz CT molecular complexity index is 518. The van der Waals surface area contributed by atoms with Crippen LogP contribution < -0.4 is 10.6 Å². The number of carbonyl (C=O) groups is 1. The molecule has 1 aromatic carbocycles. The summed E-state index contributed by atoms with van der Waals surface area (Å²) in [6, 6.07) is 6.54. The Morgan fingerprint density at radius 1 is 1.45 bits per heavy atom. The molecule has 4 nitrogen and oxygen atoms in total. The molecule has 2 aliphatic rings. The molecular formula is C16H22N2O2. The first-order valence-corrected chi connectivity index (χ1v) is 7.31. The fourth-order valence-corrected chi connectivity index (χ4v) is 3.29. The Labute approximate surface area is 119 Å². The minimum Gasteiger partial charge on any atom is -0.378 e. The largest absolute Gasteiger partial charge is 0.378 e. The molecule has 1 heterocycles. The summed E-state index contributed by atoms with van der Waals surface area (Å²) in [4.78, 5) is 11.4. The van der Waals surface area contributed by atoms with E-state index in [1.54, 1.807) is 0 Å². The highest BCUT2D eigenvalue weighted by atomic mass is 16.5. The number of anilines is 1. The van der Waals surface area contributed by atoms with E-state index < -0.39 is 0 Å². The second-order valence-corrected chi connectivity index (χ2v) is 5.93. The molecule has 20 heavy (non-hydrogen) atoms. The molecule has 0 saturated heterocycles.